The van der Waals surface area contributed by atoms with Crippen molar-refractivity contribution < 1.29 is 9.53 Å². The Kier molecular flexibility index (Phi) is 6.21. The number of carbonyl (C=O) groups excluding carboxylic acids is 1. The van der Waals surface area contributed by atoms with Gasteiger partial charge in [-0.2, -0.15) is 0 Å². The number of hydrogen-bond acceptors (Lipinski definition) is 3. The Bertz CT molecular complexity index is 428. The average Bonchev–Trinajstić information content (AvgIpc) is 2.52. The smallest absolute Gasteiger partial charge is 0.236 e. The van der Waals surface area contributed by atoms with Gasteiger partial charge >= 0.3 is 0 Å². The first-order valence-electron chi connectivity index (χ1n) is 7.75. The van der Waals surface area contributed by atoms with E-state index < -0.39 is 0 Å². The van der Waals surface area contributed by atoms with Gasteiger partial charge in [-0.3, -0.25) is 10.1 Å². The van der Waals surface area contributed by atoms with Gasteiger partial charge in [-0.15, -0.1) is 0 Å². The van der Waals surface area contributed by atoms with Crippen LogP contribution >= 0.6 is 0 Å². The van der Waals surface area contributed by atoms with Crippen molar-refractivity contribution >= 4 is 5.91 Å². The minimum atomic E-state index is 0.0591. The number of amides is 1. The van der Waals surface area contributed by atoms with Gasteiger partial charge in [0.15, 0.2) is 0 Å². The van der Waals surface area contributed by atoms with Crippen LogP contribution in [0, 0.1) is 5.92 Å². The van der Waals surface area contributed by atoms with Crippen LogP contribution in [0.4, 0.5) is 0 Å². The fraction of sp³-hybridized carbons (Fsp3) is 0.588. The largest absolute Gasteiger partial charge is 0.383 e. The number of piperidine rings is 1. The van der Waals surface area contributed by atoms with Crippen molar-refractivity contribution in [1.82, 2.24) is 10.2 Å². The minimum absolute atomic E-state index is 0.0591. The number of rotatable bonds is 6. The lowest BCUT2D eigenvalue weighted by Crippen LogP contribution is -2.43. The van der Waals surface area contributed by atoms with Gasteiger partial charge in [0.05, 0.1) is 19.2 Å². The summed E-state index contributed by atoms with van der Waals surface area (Å²) in [6, 6.07) is 10.2. The number of hydrogen-bond donors (Lipinski definition) is 1. The molecular weight excluding hydrogens is 264 g/mol. The molecular formula is C17H26N2O2. The van der Waals surface area contributed by atoms with Crippen LogP contribution < -0.4 is 5.32 Å². The molecule has 1 heterocycles. The molecule has 0 bridgehead atoms. The van der Waals surface area contributed by atoms with Crippen molar-refractivity contribution in [2.45, 2.75) is 25.8 Å². The summed E-state index contributed by atoms with van der Waals surface area (Å²) in [6.07, 6.45) is 2.23. The summed E-state index contributed by atoms with van der Waals surface area (Å²) in [5.41, 5.74) is 1.15. The van der Waals surface area contributed by atoms with Crippen molar-refractivity contribution in [2.75, 3.05) is 33.4 Å². The number of carbonyl (C=O) groups is 1. The third kappa shape index (κ3) is 4.83. The molecule has 1 aliphatic rings. The molecule has 0 aliphatic carbocycles. The monoisotopic (exact) mass is 290 g/mol. The van der Waals surface area contributed by atoms with Crippen LogP contribution in [0.1, 0.15) is 31.4 Å². The zero-order chi connectivity index (χ0) is 15.1. The summed E-state index contributed by atoms with van der Waals surface area (Å²) < 4.78 is 5.26. The SMILES string of the molecule is COC[C@@H](NCC(=O)N1CCC(C)CC1)c1ccccc1. The first-order valence-corrected chi connectivity index (χ1v) is 7.75. The van der Waals surface area contributed by atoms with Gasteiger partial charge in [-0.1, -0.05) is 37.3 Å². The first-order chi connectivity index (χ1) is 10.2. The van der Waals surface area contributed by atoms with Gasteiger partial charge in [0.25, 0.3) is 0 Å². The van der Waals surface area contributed by atoms with E-state index in [1.54, 1.807) is 7.11 Å². The Morgan fingerprint density at radius 3 is 2.62 bits per heavy atom. The van der Waals surface area contributed by atoms with Crippen LogP contribution in [-0.4, -0.2) is 44.2 Å². The molecule has 4 heteroatoms. The summed E-state index contributed by atoms with van der Waals surface area (Å²) in [7, 11) is 1.69. The molecule has 1 amide bonds. The molecule has 116 valence electrons. The number of likely N-dealkylation sites (tertiary alicyclic amines) is 1. The van der Waals surface area contributed by atoms with Gasteiger partial charge < -0.3 is 9.64 Å². The molecule has 1 aliphatic heterocycles. The normalized spacial score (nSPS) is 17.7. The van der Waals surface area contributed by atoms with Crippen LogP contribution in [0.2, 0.25) is 0 Å². The third-order valence-electron chi connectivity index (χ3n) is 4.17. The highest BCUT2D eigenvalue weighted by Gasteiger charge is 2.21. The van der Waals surface area contributed by atoms with Crippen LogP contribution in [0.3, 0.4) is 0 Å². The number of benzene rings is 1. The fourth-order valence-corrected chi connectivity index (χ4v) is 2.71. The predicted molar refractivity (Wildman–Crippen MR) is 84.0 cm³/mol. The molecule has 1 saturated heterocycles. The molecule has 1 aromatic carbocycles. The lowest BCUT2D eigenvalue weighted by atomic mass is 9.99. The summed E-state index contributed by atoms with van der Waals surface area (Å²) in [4.78, 5) is 14.2. The van der Waals surface area contributed by atoms with E-state index in [1.165, 1.54) is 0 Å². The maximum absolute atomic E-state index is 12.3. The van der Waals surface area contributed by atoms with Gasteiger partial charge in [0.1, 0.15) is 0 Å². The molecule has 4 nitrogen and oxygen atoms in total. The summed E-state index contributed by atoms with van der Waals surface area (Å²) in [5, 5.41) is 3.33. The van der Waals surface area contributed by atoms with E-state index in [2.05, 4.69) is 24.4 Å². The predicted octanol–water partition coefficient (Wildman–Crippen LogP) is 2.22. The number of nitrogens with one attached hydrogen (secondary N) is 1. The quantitative estimate of drug-likeness (QED) is 0.873. The second-order valence-corrected chi connectivity index (χ2v) is 5.86. The van der Waals surface area contributed by atoms with E-state index in [-0.39, 0.29) is 11.9 Å². The van der Waals surface area contributed by atoms with E-state index in [0.717, 1.165) is 37.4 Å². The molecule has 1 aromatic rings. The van der Waals surface area contributed by atoms with Gasteiger partial charge in [-0.05, 0) is 24.3 Å². The number of methoxy groups -OCH3 is 1. The summed E-state index contributed by atoms with van der Waals surface area (Å²) in [5.74, 6) is 0.937. The minimum Gasteiger partial charge on any atom is -0.383 e. The highest BCUT2D eigenvalue weighted by atomic mass is 16.5. The molecule has 1 atom stereocenters. The lowest BCUT2D eigenvalue weighted by molar-refractivity contribution is -0.131. The Morgan fingerprint density at radius 2 is 2.00 bits per heavy atom. The molecule has 1 fully saturated rings. The zero-order valence-corrected chi connectivity index (χ0v) is 13.0. The lowest BCUT2D eigenvalue weighted by Gasteiger charge is -2.31. The van der Waals surface area contributed by atoms with Gasteiger partial charge in [0, 0.05) is 20.2 Å². The van der Waals surface area contributed by atoms with Crippen LogP contribution in [0.15, 0.2) is 30.3 Å². The van der Waals surface area contributed by atoms with Gasteiger partial charge in [-0.25, -0.2) is 0 Å². The zero-order valence-electron chi connectivity index (χ0n) is 13.0. The topological polar surface area (TPSA) is 41.6 Å². The Balaban J connectivity index is 1.85. The Morgan fingerprint density at radius 1 is 1.33 bits per heavy atom. The Labute approximate surface area is 127 Å². The molecule has 0 spiro atoms. The van der Waals surface area contributed by atoms with Crippen molar-refractivity contribution in [3.63, 3.8) is 0 Å². The number of ether oxygens (including phenoxy) is 1. The van der Waals surface area contributed by atoms with E-state index in [4.69, 9.17) is 4.74 Å². The summed E-state index contributed by atoms with van der Waals surface area (Å²) in [6.45, 7) is 4.97. The van der Waals surface area contributed by atoms with E-state index in [9.17, 15) is 4.79 Å². The molecule has 0 saturated carbocycles. The molecule has 1 N–H and O–H groups in total. The second-order valence-electron chi connectivity index (χ2n) is 5.86. The molecule has 21 heavy (non-hydrogen) atoms. The maximum Gasteiger partial charge on any atom is 0.236 e. The fourth-order valence-electron chi connectivity index (χ4n) is 2.71. The van der Waals surface area contributed by atoms with E-state index in [1.807, 2.05) is 23.1 Å². The van der Waals surface area contributed by atoms with E-state index in [0.29, 0.717) is 13.2 Å². The summed E-state index contributed by atoms with van der Waals surface area (Å²) >= 11 is 0. The molecule has 0 unspecified atom stereocenters. The maximum atomic E-state index is 12.3. The molecule has 0 aromatic heterocycles. The van der Waals surface area contributed by atoms with Crippen LogP contribution in [0.5, 0.6) is 0 Å². The third-order valence-corrected chi connectivity index (χ3v) is 4.17. The van der Waals surface area contributed by atoms with Crippen molar-refractivity contribution in [1.29, 1.82) is 0 Å². The highest BCUT2D eigenvalue weighted by Crippen LogP contribution is 2.16. The van der Waals surface area contributed by atoms with Crippen molar-refractivity contribution in [3.8, 4) is 0 Å². The van der Waals surface area contributed by atoms with Crippen LogP contribution in [-0.2, 0) is 9.53 Å². The Hall–Kier alpha value is -1.39. The first kappa shape index (κ1) is 16.0. The highest BCUT2D eigenvalue weighted by molar-refractivity contribution is 5.78. The van der Waals surface area contributed by atoms with E-state index >= 15 is 0 Å². The van der Waals surface area contributed by atoms with Gasteiger partial charge in [0.2, 0.25) is 5.91 Å². The van der Waals surface area contributed by atoms with Crippen molar-refractivity contribution in [3.05, 3.63) is 35.9 Å². The average molecular weight is 290 g/mol. The van der Waals surface area contributed by atoms with Crippen LogP contribution in [0.25, 0.3) is 0 Å². The second kappa shape index (κ2) is 8.15. The molecule has 0 radical (unpaired) electrons. The number of nitrogens with zero attached hydrogens (tertiary/aromatic N) is 1. The standard InChI is InChI=1S/C17H26N2O2/c1-14-8-10-19(11-9-14)17(20)12-18-16(13-21-2)15-6-4-3-5-7-15/h3-7,14,16,18H,8-13H2,1-2H3/t16-/m1/s1. The molecule has 2 rings (SSSR count). The van der Waals surface area contributed by atoms with Crippen molar-refractivity contribution in [2.24, 2.45) is 5.92 Å².